The average molecular weight is 217 g/mol. The summed E-state index contributed by atoms with van der Waals surface area (Å²) in [5.41, 5.74) is 0.866. The van der Waals surface area contributed by atoms with Crippen molar-refractivity contribution in [3.8, 4) is 11.5 Å². The third kappa shape index (κ3) is 1.08. The van der Waals surface area contributed by atoms with Crippen molar-refractivity contribution < 1.29 is 14.9 Å². The van der Waals surface area contributed by atoms with E-state index < -0.39 is 0 Å². The van der Waals surface area contributed by atoms with Crippen molar-refractivity contribution in [1.82, 2.24) is 0 Å². The van der Waals surface area contributed by atoms with Crippen molar-refractivity contribution in [2.45, 2.75) is 6.61 Å². The molecule has 0 spiro atoms. The molecule has 11 heavy (non-hydrogen) atoms. The van der Waals surface area contributed by atoms with Gasteiger partial charge in [0.15, 0.2) is 5.75 Å². The second kappa shape index (κ2) is 2.39. The predicted octanol–water partition coefficient (Wildman–Crippen LogP) is 1.98. The van der Waals surface area contributed by atoms with Gasteiger partial charge in [0.2, 0.25) is 0 Å². The van der Waals surface area contributed by atoms with E-state index in [0.29, 0.717) is 16.8 Å². The highest BCUT2D eigenvalue weighted by molar-refractivity contribution is 9.10. The zero-order valence-corrected chi connectivity index (χ0v) is 7.09. The van der Waals surface area contributed by atoms with Crippen LogP contribution in [-0.2, 0) is 11.5 Å². The Morgan fingerprint density at radius 2 is 2.27 bits per heavy atom. The van der Waals surface area contributed by atoms with Crippen LogP contribution in [0.3, 0.4) is 0 Å². The van der Waals surface area contributed by atoms with Crippen LogP contribution in [0.2, 0.25) is 0 Å². The fourth-order valence-corrected chi connectivity index (χ4v) is 1.26. The molecule has 1 heterocycles. The van der Waals surface area contributed by atoms with Gasteiger partial charge in [0.1, 0.15) is 12.4 Å². The third-order valence-electron chi connectivity index (χ3n) is 1.49. The Bertz CT molecular complexity index is 269. The largest absolute Gasteiger partial charge is 0.507 e. The lowest BCUT2D eigenvalue weighted by Crippen LogP contribution is -1.81. The summed E-state index contributed by atoms with van der Waals surface area (Å²) in [7, 11) is 0. The molecule has 0 saturated carbocycles. The normalized spacial score (nSPS) is 14.3. The quantitative estimate of drug-likeness (QED) is 0.675. The molecule has 1 aromatic rings. The molecule has 1 N–H and O–H groups in total. The minimum absolute atomic E-state index is 0.206. The van der Waals surface area contributed by atoms with Gasteiger partial charge in [-0.15, -0.1) is 0 Å². The smallest absolute Gasteiger partial charge is 0.172 e. The van der Waals surface area contributed by atoms with Crippen LogP contribution >= 0.6 is 15.9 Å². The second-order valence-electron chi connectivity index (χ2n) is 2.26. The van der Waals surface area contributed by atoms with Gasteiger partial charge in [-0.2, -0.15) is 4.89 Å². The molecule has 1 aliphatic rings. The summed E-state index contributed by atoms with van der Waals surface area (Å²) in [5, 5.41) is 9.23. The van der Waals surface area contributed by atoms with Crippen molar-refractivity contribution in [3.63, 3.8) is 0 Å². The number of hydrogen-bond donors (Lipinski definition) is 1. The number of hydrogen-bond acceptors (Lipinski definition) is 3. The fourth-order valence-electron chi connectivity index (χ4n) is 0.934. The molecule has 58 valence electrons. The van der Waals surface area contributed by atoms with Crippen molar-refractivity contribution in [3.05, 3.63) is 22.2 Å². The van der Waals surface area contributed by atoms with Crippen LogP contribution in [0.25, 0.3) is 0 Å². The summed E-state index contributed by atoms with van der Waals surface area (Å²) >= 11 is 3.16. The number of halogens is 1. The van der Waals surface area contributed by atoms with Gasteiger partial charge >= 0.3 is 0 Å². The number of benzene rings is 1. The molecule has 0 aliphatic carbocycles. The maximum absolute atomic E-state index is 9.23. The number of aromatic hydroxyl groups is 1. The summed E-state index contributed by atoms with van der Waals surface area (Å²) < 4.78 is 0.613. The van der Waals surface area contributed by atoms with Crippen LogP contribution in [0.5, 0.6) is 11.5 Å². The number of rotatable bonds is 0. The van der Waals surface area contributed by atoms with Crippen molar-refractivity contribution >= 4 is 15.9 Å². The molecule has 3 nitrogen and oxygen atoms in total. The molecule has 1 aromatic carbocycles. The van der Waals surface area contributed by atoms with E-state index in [9.17, 15) is 5.11 Å². The van der Waals surface area contributed by atoms with Crippen LogP contribution in [0, 0.1) is 0 Å². The van der Waals surface area contributed by atoms with Crippen LogP contribution in [0.15, 0.2) is 16.6 Å². The van der Waals surface area contributed by atoms with Crippen LogP contribution in [-0.4, -0.2) is 5.11 Å². The number of phenols is 1. The van der Waals surface area contributed by atoms with Crippen LogP contribution in [0.4, 0.5) is 0 Å². The van der Waals surface area contributed by atoms with Gasteiger partial charge in [-0.25, -0.2) is 0 Å². The fraction of sp³-hybridized carbons (Fsp3) is 0.143. The Morgan fingerprint density at radius 1 is 1.45 bits per heavy atom. The second-order valence-corrected chi connectivity index (χ2v) is 3.11. The van der Waals surface area contributed by atoms with Gasteiger partial charge in [0.25, 0.3) is 0 Å². The highest BCUT2D eigenvalue weighted by Gasteiger charge is 2.15. The Labute approximate surface area is 71.6 Å². The molecular weight excluding hydrogens is 212 g/mol. The Kier molecular flexibility index (Phi) is 1.51. The van der Waals surface area contributed by atoms with Gasteiger partial charge < -0.3 is 9.99 Å². The molecule has 0 fully saturated rings. The predicted molar refractivity (Wildman–Crippen MR) is 41.2 cm³/mol. The van der Waals surface area contributed by atoms with E-state index in [-0.39, 0.29) is 5.75 Å². The molecule has 0 radical (unpaired) electrons. The van der Waals surface area contributed by atoms with Crippen molar-refractivity contribution in [2.24, 2.45) is 0 Å². The van der Waals surface area contributed by atoms with E-state index in [1.54, 1.807) is 12.1 Å². The monoisotopic (exact) mass is 216 g/mol. The summed E-state index contributed by atoms with van der Waals surface area (Å²) in [6, 6.07) is 3.30. The first-order valence-electron chi connectivity index (χ1n) is 3.08. The highest BCUT2D eigenvalue weighted by atomic mass is 79.9. The van der Waals surface area contributed by atoms with Crippen molar-refractivity contribution in [1.29, 1.82) is 0 Å². The molecule has 0 saturated heterocycles. The summed E-state index contributed by atoms with van der Waals surface area (Å²) in [5.74, 6) is 0.868. The third-order valence-corrected chi connectivity index (χ3v) is 2.13. The Hall–Kier alpha value is -0.740. The molecule has 0 bridgehead atoms. The van der Waals surface area contributed by atoms with E-state index in [0.717, 1.165) is 5.56 Å². The molecular formula is C7H5BrO3. The first-order chi connectivity index (χ1) is 5.27. The zero-order chi connectivity index (χ0) is 7.84. The molecule has 4 heteroatoms. The molecule has 0 atom stereocenters. The molecule has 0 unspecified atom stereocenters. The topological polar surface area (TPSA) is 38.7 Å². The first kappa shape index (κ1) is 6.94. The molecule has 0 amide bonds. The highest BCUT2D eigenvalue weighted by Crippen LogP contribution is 2.35. The van der Waals surface area contributed by atoms with Gasteiger partial charge in [-0.1, -0.05) is 0 Å². The first-order valence-corrected chi connectivity index (χ1v) is 3.87. The zero-order valence-electron chi connectivity index (χ0n) is 5.50. The van der Waals surface area contributed by atoms with Gasteiger partial charge in [-0.05, 0) is 22.0 Å². The Balaban J connectivity index is 2.57. The van der Waals surface area contributed by atoms with Crippen LogP contribution in [0.1, 0.15) is 5.56 Å². The summed E-state index contributed by atoms with van der Waals surface area (Å²) in [6.07, 6.45) is 0. The van der Waals surface area contributed by atoms with Gasteiger partial charge in [-0.3, -0.25) is 0 Å². The lowest BCUT2D eigenvalue weighted by molar-refractivity contribution is -0.194. The molecule has 1 aliphatic heterocycles. The SMILES string of the molecule is Oc1cc2c(cc1Br)OOC2. The number of phenolic OH excluding ortho intramolecular Hbond substituents is 1. The molecule has 0 aromatic heterocycles. The maximum Gasteiger partial charge on any atom is 0.172 e. The number of fused-ring (bicyclic) bond motifs is 1. The summed E-state index contributed by atoms with van der Waals surface area (Å²) in [6.45, 7) is 0.399. The van der Waals surface area contributed by atoms with Gasteiger partial charge in [0.05, 0.1) is 4.47 Å². The molecule has 2 rings (SSSR count). The maximum atomic E-state index is 9.23. The van der Waals surface area contributed by atoms with E-state index in [4.69, 9.17) is 9.78 Å². The van der Waals surface area contributed by atoms with E-state index in [1.807, 2.05) is 0 Å². The lowest BCUT2D eigenvalue weighted by atomic mass is 10.2. The minimum atomic E-state index is 0.206. The van der Waals surface area contributed by atoms with E-state index >= 15 is 0 Å². The van der Waals surface area contributed by atoms with Crippen molar-refractivity contribution in [2.75, 3.05) is 0 Å². The van der Waals surface area contributed by atoms with E-state index in [2.05, 4.69) is 15.9 Å². The van der Waals surface area contributed by atoms with E-state index in [1.165, 1.54) is 0 Å². The standard InChI is InChI=1S/C7H5BrO3/c8-5-2-7-4(1-6(5)9)3-10-11-7/h1-2,9H,3H2. The van der Waals surface area contributed by atoms with Gasteiger partial charge in [0, 0.05) is 11.6 Å². The minimum Gasteiger partial charge on any atom is -0.507 e. The van der Waals surface area contributed by atoms with Crippen LogP contribution < -0.4 is 4.89 Å². The average Bonchev–Trinajstić information content (AvgIpc) is 2.36. The summed E-state index contributed by atoms with van der Waals surface area (Å²) in [4.78, 5) is 9.49. The lowest BCUT2D eigenvalue weighted by Gasteiger charge is -1.97. The Morgan fingerprint density at radius 3 is 3.09 bits per heavy atom.